The van der Waals surface area contributed by atoms with Crippen LogP contribution in [0.1, 0.15) is 43.0 Å². The first kappa shape index (κ1) is 14.6. The molecule has 0 aromatic heterocycles. The summed E-state index contributed by atoms with van der Waals surface area (Å²) >= 11 is 0. The van der Waals surface area contributed by atoms with Gasteiger partial charge in [-0.2, -0.15) is 0 Å². The number of benzene rings is 2. The molecule has 2 aromatic rings. The highest BCUT2D eigenvalue weighted by atomic mass is 16.1. The average molecular weight is 294 g/mol. The summed E-state index contributed by atoms with van der Waals surface area (Å²) in [5.41, 5.74) is 5.77. The van der Waals surface area contributed by atoms with Gasteiger partial charge in [0, 0.05) is 37.3 Å². The monoisotopic (exact) mass is 294 g/mol. The number of nitrogens with one attached hydrogen (secondary N) is 2. The maximum Gasteiger partial charge on any atom is 0.150 e. The van der Waals surface area contributed by atoms with Crippen molar-refractivity contribution < 1.29 is 9.59 Å². The molecule has 2 aromatic carbocycles. The predicted octanol–water partition coefficient (Wildman–Crippen LogP) is 2.20. The van der Waals surface area contributed by atoms with Crippen molar-refractivity contribution in [1.82, 2.24) is 10.6 Å². The van der Waals surface area contributed by atoms with Crippen molar-refractivity contribution in [3.05, 3.63) is 69.8 Å². The van der Waals surface area contributed by atoms with Gasteiger partial charge >= 0.3 is 0 Å². The lowest BCUT2D eigenvalue weighted by Gasteiger charge is -2.13. The van der Waals surface area contributed by atoms with Gasteiger partial charge in [-0.3, -0.25) is 9.59 Å². The van der Waals surface area contributed by atoms with Gasteiger partial charge in [0.15, 0.2) is 0 Å². The summed E-state index contributed by atoms with van der Waals surface area (Å²) in [5, 5.41) is 6.74. The fourth-order valence-corrected chi connectivity index (χ4v) is 2.83. The summed E-state index contributed by atoms with van der Waals surface area (Å²) in [6.07, 6.45) is 1.77. The quantitative estimate of drug-likeness (QED) is 0.834. The van der Waals surface area contributed by atoms with E-state index in [0.29, 0.717) is 37.3 Å². The molecule has 0 radical (unpaired) electrons. The number of aldehydes is 2. The molecule has 0 saturated heterocycles. The van der Waals surface area contributed by atoms with E-state index in [9.17, 15) is 9.59 Å². The van der Waals surface area contributed by atoms with Gasteiger partial charge < -0.3 is 10.6 Å². The molecule has 0 amide bonds. The van der Waals surface area contributed by atoms with E-state index in [1.54, 1.807) is 0 Å². The number of rotatable bonds is 2. The number of hydrogen-bond acceptors (Lipinski definition) is 4. The van der Waals surface area contributed by atoms with Gasteiger partial charge in [0.05, 0.1) is 0 Å². The van der Waals surface area contributed by atoms with E-state index in [0.717, 1.165) is 34.8 Å². The molecule has 0 spiro atoms. The second-order valence-electron chi connectivity index (χ2n) is 5.61. The standard InChI is InChI=1S/C18H18N2O2/c21-11-17-3-13-1-14(4-17)8-20-10-16-2-15(9-19-7-13)5-18(6-16)12-22/h1-6,11-12,19-20H,7-10H2. The first-order valence-corrected chi connectivity index (χ1v) is 7.34. The van der Waals surface area contributed by atoms with E-state index in [-0.39, 0.29) is 0 Å². The maximum absolute atomic E-state index is 11.1. The molecule has 112 valence electrons. The summed E-state index contributed by atoms with van der Waals surface area (Å²) < 4.78 is 0. The van der Waals surface area contributed by atoms with Gasteiger partial charge in [0.2, 0.25) is 0 Å². The van der Waals surface area contributed by atoms with Crippen molar-refractivity contribution in [3.63, 3.8) is 0 Å². The Morgan fingerprint density at radius 2 is 0.909 bits per heavy atom. The van der Waals surface area contributed by atoms with E-state index in [1.807, 2.05) is 24.3 Å². The maximum atomic E-state index is 11.1. The minimum Gasteiger partial charge on any atom is -0.309 e. The van der Waals surface area contributed by atoms with Crippen LogP contribution in [0.4, 0.5) is 0 Å². The molecule has 0 saturated carbocycles. The Bertz CT molecular complexity index is 604. The average Bonchev–Trinajstić information content (AvgIpc) is 2.53. The molecule has 1 aliphatic heterocycles. The molecule has 4 bridgehead atoms. The zero-order valence-electron chi connectivity index (χ0n) is 12.3. The van der Waals surface area contributed by atoms with Gasteiger partial charge in [-0.15, -0.1) is 0 Å². The Morgan fingerprint density at radius 3 is 1.18 bits per heavy atom. The third kappa shape index (κ3) is 3.47. The van der Waals surface area contributed by atoms with Crippen LogP contribution in [0.2, 0.25) is 0 Å². The van der Waals surface area contributed by atoms with Crippen LogP contribution in [0.5, 0.6) is 0 Å². The number of carbonyl (C=O) groups is 2. The van der Waals surface area contributed by atoms with Crippen molar-refractivity contribution in [1.29, 1.82) is 0 Å². The second kappa shape index (κ2) is 6.64. The van der Waals surface area contributed by atoms with Crippen LogP contribution in [-0.2, 0) is 26.2 Å². The van der Waals surface area contributed by atoms with Gasteiger partial charge in [0.25, 0.3) is 0 Å². The molecule has 0 fully saturated rings. The second-order valence-corrected chi connectivity index (χ2v) is 5.61. The first-order valence-electron chi connectivity index (χ1n) is 7.34. The third-order valence-corrected chi connectivity index (χ3v) is 3.74. The Balaban J connectivity index is 1.89. The molecule has 22 heavy (non-hydrogen) atoms. The van der Waals surface area contributed by atoms with Crippen LogP contribution < -0.4 is 10.6 Å². The van der Waals surface area contributed by atoms with E-state index in [1.165, 1.54) is 0 Å². The largest absolute Gasteiger partial charge is 0.309 e. The van der Waals surface area contributed by atoms with Gasteiger partial charge in [0.1, 0.15) is 12.6 Å². The lowest BCUT2D eigenvalue weighted by atomic mass is 10.0. The summed E-state index contributed by atoms with van der Waals surface area (Å²) in [6, 6.07) is 11.8. The first-order chi connectivity index (χ1) is 10.8. The van der Waals surface area contributed by atoms with E-state index in [2.05, 4.69) is 22.8 Å². The number of hydrogen-bond donors (Lipinski definition) is 2. The topological polar surface area (TPSA) is 58.2 Å². The van der Waals surface area contributed by atoms with Crippen molar-refractivity contribution in [3.8, 4) is 0 Å². The van der Waals surface area contributed by atoms with Crippen LogP contribution in [-0.4, -0.2) is 12.6 Å². The highest BCUT2D eigenvalue weighted by Gasteiger charge is 2.06. The van der Waals surface area contributed by atoms with Crippen molar-refractivity contribution in [2.75, 3.05) is 0 Å². The Morgan fingerprint density at radius 1 is 0.591 bits per heavy atom. The fourth-order valence-electron chi connectivity index (χ4n) is 2.83. The molecule has 3 rings (SSSR count). The Labute approximate surface area is 129 Å². The van der Waals surface area contributed by atoms with Crippen molar-refractivity contribution in [2.45, 2.75) is 26.2 Å². The molecule has 1 aliphatic rings. The molecule has 2 N–H and O–H groups in total. The van der Waals surface area contributed by atoms with Crippen LogP contribution >= 0.6 is 0 Å². The third-order valence-electron chi connectivity index (χ3n) is 3.74. The fraction of sp³-hybridized carbons (Fsp3) is 0.222. The minimum atomic E-state index is 0.690. The van der Waals surface area contributed by atoms with Crippen LogP contribution in [0.25, 0.3) is 0 Å². The Kier molecular flexibility index (Phi) is 4.42. The lowest BCUT2D eigenvalue weighted by molar-refractivity contribution is 0.111. The van der Waals surface area contributed by atoms with Crippen molar-refractivity contribution in [2.24, 2.45) is 0 Å². The van der Waals surface area contributed by atoms with Gasteiger partial charge in [-0.1, -0.05) is 12.1 Å². The summed E-state index contributed by atoms with van der Waals surface area (Å²) in [5.74, 6) is 0. The van der Waals surface area contributed by atoms with Crippen LogP contribution in [0.15, 0.2) is 36.4 Å². The molecule has 0 aliphatic carbocycles. The molecule has 0 atom stereocenters. The Hall–Kier alpha value is -2.30. The zero-order valence-corrected chi connectivity index (χ0v) is 12.3. The number of fused-ring (bicyclic) bond motifs is 4. The highest BCUT2D eigenvalue weighted by molar-refractivity contribution is 5.76. The molecular formula is C18H18N2O2. The lowest BCUT2D eigenvalue weighted by Crippen LogP contribution is -2.18. The van der Waals surface area contributed by atoms with Gasteiger partial charge in [-0.05, 0) is 46.5 Å². The van der Waals surface area contributed by atoms with Gasteiger partial charge in [-0.25, -0.2) is 0 Å². The van der Waals surface area contributed by atoms with Crippen LogP contribution in [0.3, 0.4) is 0 Å². The molecule has 0 unspecified atom stereocenters. The van der Waals surface area contributed by atoms with Crippen molar-refractivity contribution >= 4 is 12.6 Å². The van der Waals surface area contributed by atoms with Crippen LogP contribution in [0, 0.1) is 0 Å². The summed E-state index contributed by atoms with van der Waals surface area (Å²) in [4.78, 5) is 22.1. The summed E-state index contributed by atoms with van der Waals surface area (Å²) in [7, 11) is 0. The van der Waals surface area contributed by atoms with E-state index >= 15 is 0 Å². The predicted molar refractivity (Wildman–Crippen MR) is 84.7 cm³/mol. The molecular weight excluding hydrogens is 276 g/mol. The SMILES string of the molecule is O=Cc1cc2cc(c1)CNCc1cc(C=O)cc(c1)CNC2. The smallest absolute Gasteiger partial charge is 0.150 e. The van der Waals surface area contributed by atoms with E-state index in [4.69, 9.17) is 0 Å². The molecule has 4 heteroatoms. The molecule has 4 nitrogen and oxygen atoms in total. The zero-order chi connectivity index (χ0) is 15.4. The minimum absolute atomic E-state index is 0.690. The highest BCUT2D eigenvalue weighted by Crippen LogP contribution is 2.13. The molecule has 1 heterocycles. The summed E-state index contributed by atoms with van der Waals surface area (Å²) in [6.45, 7) is 2.76. The van der Waals surface area contributed by atoms with E-state index < -0.39 is 0 Å². The number of carbonyl (C=O) groups excluding carboxylic acids is 2. The normalized spacial score (nSPS) is 14.5.